The van der Waals surface area contributed by atoms with Gasteiger partial charge in [0, 0.05) is 16.7 Å². The first kappa shape index (κ1) is 29.0. The molecule has 47 heavy (non-hydrogen) atoms. The summed E-state index contributed by atoms with van der Waals surface area (Å²) in [6.07, 6.45) is 1.15. The Morgan fingerprint density at radius 3 is 1.51 bits per heavy atom. The lowest BCUT2D eigenvalue weighted by Crippen LogP contribution is -2.17. The standard InChI is InChI=1S/C44H37N3/c1-43(2)28-44(3,4)39-27-33(25-26-38(39)43)34-17-11-19-36-35(34)18-12-20-37(36)42-46-40(31-15-9-6-10-16-31)45-41(47-42)32-23-21-30(22-24-32)29-13-7-5-8-14-29/h5-27H,28H2,1-4H3. The summed E-state index contributed by atoms with van der Waals surface area (Å²) in [5.74, 6) is 1.99. The highest BCUT2D eigenvalue weighted by atomic mass is 15.0. The monoisotopic (exact) mass is 607 g/mol. The van der Waals surface area contributed by atoms with Crippen molar-refractivity contribution >= 4 is 10.8 Å². The summed E-state index contributed by atoms with van der Waals surface area (Å²) in [7, 11) is 0. The van der Waals surface area contributed by atoms with Gasteiger partial charge in [-0.15, -0.1) is 0 Å². The van der Waals surface area contributed by atoms with Crippen LogP contribution in [0.5, 0.6) is 0 Å². The summed E-state index contributed by atoms with van der Waals surface area (Å²) < 4.78 is 0. The van der Waals surface area contributed by atoms with Crippen LogP contribution < -0.4 is 0 Å². The van der Waals surface area contributed by atoms with Gasteiger partial charge in [-0.05, 0) is 61.4 Å². The van der Waals surface area contributed by atoms with Crippen molar-refractivity contribution in [1.82, 2.24) is 15.0 Å². The minimum absolute atomic E-state index is 0.138. The minimum Gasteiger partial charge on any atom is -0.208 e. The average Bonchev–Trinajstić information content (AvgIpc) is 3.30. The van der Waals surface area contributed by atoms with Gasteiger partial charge in [-0.3, -0.25) is 0 Å². The first-order chi connectivity index (χ1) is 22.8. The Bertz CT molecular complexity index is 2250. The van der Waals surface area contributed by atoms with Gasteiger partial charge in [0.05, 0.1) is 0 Å². The Morgan fingerprint density at radius 2 is 0.851 bits per heavy atom. The lowest BCUT2D eigenvalue weighted by molar-refractivity contribution is 0.403. The van der Waals surface area contributed by atoms with Crippen molar-refractivity contribution in [3.05, 3.63) is 151 Å². The van der Waals surface area contributed by atoms with Crippen LogP contribution in [0.15, 0.2) is 140 Å². The highest BCUT2D eigenvalue weighted by molar-refractivity contribution is 6.03. The third-order valence-electron chi connectivity index (χ3n) is 9.75. The number of hydrogen-bond acceptors (Lipinski definition) is 3. The molecule has 1 aliphatic carbocycles. The first-order valence-corrected chi connectivity index (χ1v) is 16.4. The molecule has 3 heteroatoms. The van der Waals surface area contributed by atoms with E-state index in [1.165, 1.54) is 33.2 Å². The maximum atomic E-state index is 5.11. The molecule has 6 aromatic carbocycles. The number of nitrogens with zero attached hydrogens (tertiary/aromatic N) is 3. The van der Waals surface area contributed by atoms with E-state index in [0.717, 1.165) is 34.1 Å². The lowest BCUT2D eigenvalue weighted by atomic mass is 9.82. The van der Waals surface area contributed by atoms with Crippen molar-refractivity contribution < 1.29 is 0 Å². The molecule has 1 aromatic heterocycles. The molecule has 0 radical (unpaired) electrons. The maximum absolute atomic E-state index is 5.11. The van der Waals surface area contributed by atoms with E-state index in [1.807, 2.05) is 24.3 Å². The normalized spacial score (nSPS) is 14.6. The maximum Gasteiger partial charge on any atom is 0.164 e. The van der Waals surface area contributed by atoms with Crippen LogP contribution >= 0.6 is 0 Å². The van der Waals surface area contributed by atoms with Crippen LogP contribution in [0.1, 0.15) is 45.2 Å². The van der Waals surface area contributed by atoms with Crippen molar-refractivity contribution in [1.29, 1.82) is 0 Å². The van der Waals surface area contributed by atoms with Gasteiger partial charge in [0.1, 0.15) is 0 Å². The van der Waals surface area contributed by atoms with Crippen LogP contribution in [-0.2, 0) is 10.8 Å². The number of rotatable bonds is 5. The topological polar surface area (TPSA) is 38.7 Å². The molecule has 0 bridgehead atoms. The third-order valence-corrected chi connectivity index (χ3v) is 9.75. The fraction of sp³-hybridized carbons (Fsp3) is 0.159. The van der Waals surface area contributed by atoms with Crippen molar-refractivity contribution in [2.75, 3.05) is 0 Å². The van der Waals surface area contributed by atoms with E-state index in [-0.39, 0.29) is 10.8 Å². The molecule has 228 valence electrons. The third kappa shape index (κ3) is 5.22. The van der Waals surface area contributed by atoms with Crippen molar-refractivity contribution in [2.24, 2.45) is 0 Å². The van der Waals surface area contributed by atoms with E-state index in [1.54, 1.807) is 0 Å². The Morgan fingerprint density at radius 1 is 0.383 bits per heavy atom. The zero-order valence-corrected chi connectivity index (χ0v) is 27.3. The van der Waals surface area contributed by atoms with Crippen molar-refractivity contribution in [3.8, 4) is 56.4 Å². The van der Waals surface area contributed by atoms with Gasteiger partial charge < -0.3 is 0 Å². The van der Waals surface area contributed by atoms with Gasteiger partial charge >= 0.3 is 0 Å². The minimum atomic E-state index is 0.138. The van der Waals surface area contributed by atoms with E-state index in [9.17, 15) is 0 Å². The zero-order chi connectivity index (χ0) is 32.2. The van der Waals surface area contributed by atoms with Crippen molar-refractivity contribution in [2.45, 2.75) is 44.9 Å². The first-order valence-electron chi connectivity index (χ1n) is 16.4. The Balaban J connectivity index is 1.27. The van der Waals surface area contributed by atoms with Gasteiger partial charge in [0.15, 0.2) is 17.5 Å². The largest absolute Gasteiger partial charge is 0.208 e. The molecule has 1 aliphatic rings. The molecule has 0 fully saturated rings. The zero-order valence-electron chi connectivity index (χ0n) is 27.3. The highest BCUT2D eigenvalue weighted by Crippen LogP contribution is 2.50. The van der Waals surface area contributed by atoms with Crippen LogP contribution in [-0.4, -0.2) is 15.0 Å². The van der Waals surface area contributed by atoms with Crippen LogP contribution in [0.2, 0.25) is 0 Å². The molecule has 0 saturated heterocycles. The summed E-state index contributed by atoms with van der Waals surface area (Å²) in [4.78, 5) is 15.2. The molecule has 1 heterocycles. The fourth-order valence-corrected chi connectivity index (χ4v) is 7.70. The second-order valence-electron chi connectivity index (χ2n) is 14.0. The molecule has 0 spiro atoms. The molecule has 0 N–H and O–H groups in total. The van der Waals surface area contributed by atoms with Crippen LogP contribution in [0.3, 0.4) is 0 Å². The molecule has 8 rings (SSSR count). The van der Waals surface area contributed by atoms with Gasteiger partial charge in [0.25, 0.3) is 0 Å². The molecule has 0 saturated carbocycles. The summed E-state index contributed by atoms with van der Waals surface area (Å²) in [5.41, 5.74) is 11.0. The van der Waals surface area contributed by atoms with E-state index in [2.05, 4.69) is 143 Å². The molecule has 7 aromatic rings. The summed E-state index contributed by atoms with van der Waals surface area (Å²) >= 11 is 0. The average molecular weight is 608 g/mol. The van der Waals surface area contributed by atoms with Gasteiger partial charge in [-0.1, -0.05) is 167 Å². The second kappa shape index (κ2) is 11.1. The van der Waals surface area contributed by atoms with E-state index in [4.69, 9.17) is 15.0 Å². The number of fused-ring (bicyclic) bond motifs is 2. The molecule has 0 amide bonds. The predicted octanol–water partition coefficient (Wildman–Crippen LogP) is 11.3. The lowest BCUT2D eigenvalue weighted by Gasteiger charge is -2.22. The fourth-order valence-electron chi connectivity index (χ4n) is 7.70. The quantitative estimate of drug-likeness (QED) is 0.195. The number of benzene rings is 6. The van der Waals surface area contributed by atoms with Gasteiger partial charge in [-0.2, -0.15) is 0 Å². The van der Waals surface area contributed by atoms with Gasteiger partial charge in [-0.25, -0.2) is 15.0 Å². The Kier molecular flexibility index (Phi) is 6.88. The Hall–Kier alpha value is -5.41. The van der Waals surface area contributed by atoms with Crippen LogP contribution in [0.4, 0.5) is 0 Å². The predicted molar refractivity (Wildman–Crippen MR) is 195 cm³/mol. The van der Waals surface area contributed by atoms with Crippen molar-refractivity contribution in [3.63, 3.8) is 0 Å². The van der Waals surface area contributed by atoms with Gasteiger partial charge in [0.2, 0.25) is 0 Å². The van der Waals surface area contributed by atoms with E-state index >= 15 is 0 Å². The second-order valence-corrected chi connectivity index (χ2v) is 14.0. The SMILES string of the molecule is CC1(C)CC(C)(C)c2cc(-c3cccc4c(-c5nc(-c6ccccc6)nc(-c6ccc(-c7ccccc7)cc6)n5)cccc34)ccc21. The van der Waals surface area contributed by atoms with Crippen LogP contribution in [0, 0.1) is 0 Å². The molecule has 0 atom stereocenters. The van der Waals surface area contributed by atoms with E-state index < -0.39 is 0 Å². The van der Waals surface area contributed by atoms with E-state index in [0.29, 0.717) is 17.5 Å². The highest BCUT2D eigenvalue weighted by Gasteiger charge is 2.41. The summed E-state index contributed by atoms with van der Waals surface area (Å²) in [5, 5.41) is 2.32. The Labute approximate surface area is 277 Å². The number of aromatic nitrogens is 3. The molecule has 0 unspecified atom stereocenters. The molecule has 0 aliphatic heterocycles. The smallest absolute Gasteiger partial charge is 0.164 e. The summed E-state index contributed by atoms with van der Waals surface area (Å²) in [6, 6.07) is 49.2. The number of hydrogen-bond donors (Lipinski definition) is 0. The molecular formula is C44H37N3. The molecule has 3 nitrogen and oxygen atoms in total. The van der Waals surface area contributed by atoms with Crippen LogP contribution in [0.25, 0.3) is 67.2 Å². The summed E-state index contributed by atoms with van der Waals surface area (Å²) in [6.45, 7) is 9.50. The molecular weight excluding hydrogens is 571 g/mol.